The minimum Gasteiger partial charge on any atom is -0.351 e. The zero-order valence-corrected chi connectivity index (χ0v) is 24.2. The predicted molar refractivity (Wildman–Crippen MR) is 159 cm³/mol. The molecule has 1 aromatic heterocycles. The molecule has 0 unspecified atom stereocenters. The molecule has 2 aliphatic rings. The normalized spacial score (nSPS) is 18.6. The first-order valence-corrected chi connectivity index (χ1v) is 14.4. The van der Waals surface area contributed by atoms with Gasteiger partial charge in [0, 0.05) is 47.8 Å². The van der Waals surface area contributed by atoms with E-state index in [1.165, 1.54) is 34.2 Å². The van der Waals surface area contributed by atoms with Gasteiger partial charge in [-0.1, -0.05) is 35.9 Å². The summed E-state index contributed by atoms with van der Waals surface area (Å²) >= 11 is 6.61. The van der Waals surface area contributed by atoms with Crippen molar-refractivity contribution in [1.29, 1.82) is 5.26 Å². The number of rotatable bonds is 7. The van der Waals surface area contributed by atoms with Crippen molar-refractivity contribution in [3.05, 3.63) is 94.4 Å². The van der Waals surface area contributed by atoms with Gasteiger partial charge in [0.1, 0.15) is 17.9 Å². The van der Waals surface area contributed by atoms with Gasteiger partial charge in [0.25, 0.3) is 5.91 Å². The highest BCUT2D eigenvalue weighted by molar-refractivity contribution is 6.31. The summed E-state index contributed by atoms with van der Waals surface area (Å²) in [6.45, 7) is 7.36. The third-order valence-corrected chi connectivity index (χ3v) is 8.21. The van der Waals surface area contributed by atoms with Crippen LogP contribution in [0.25, 0.3) is 4.85 Å². The molecule has 1 N–H and O–H groups in total. The maximum Gasteiger partial charge on any atom is 0.251 e. The van der Waals surface area contributed by atoms with Crippen LogP contribution in [0.5, 0.6) is 0 Å². The topological polar surface area (TPSA) is 111 Å². The third-order valence-electron chi connectivity index (χ3n) is 7.86. The van der Waals surface area contributed by atoms with Crippen LogP contribution in [0.15, 0.2) is 66.9 Å². The van der Waals surface area contributed by atoms with Crippen molar-refractivity contribution in [3.63, 3.8) is 0 Å². The number of carbonyl (C=O) groups is 3. The van der Waals surface area contributed by atoms with E-state index < -0.39 is 35.9 Å². The Labute approximate surface area is 257 Å². The van der Waals surface area contributed by atoms with Crippen LogP contribution in [0.4, 0.5) is 26.0 Å². The molecule has 0 radical (unpaired) electrons. The van der Waals surface area contributed by atoms with Crippen LogP contribution in [-0.2, 0) is 14.4 Å². The molecule has 224 valence electrons. The van der Waals surface area contributed by atoms with Gasteiger partial charge >= 0.3 is 0 Å². The van der Waals surface area contributed by atoms with Crippen LogP contribution in [0.2, 0.25) is 5.02 Å². The van der Waals surface area contributed by atoms with Gasteiger partial charge in [-0.05, 0) is 55.7 Å². The molecule has 0 bridgehead atoms. The van der Waals surface area contributed by atoms with E-state index in [0.29, 0.717) is 0 Å². The second kappa shape index (κ2) is 12.8. The molecule has 3 aromatic rings. The molecule has 12 heteroatoms. The molecule has 3 amide bonds. The standard InChI is InChI=1S/C32H27ClF2N6O3/c1-37-22-13-16-38-27(18-22)41-26(9-10-28(41)42)31(44)40(23-6-4-5-20(17-23)19-36)29(24-7-2-3-8-25(24)33)30(43)39-21-11-14-32(34,35)15-12-21/h2-8,13,16-18,21,26,29H,9-12,14-15H2,(H,39,43)/t26-,29-/m0/s1. The molecule has 9 nitrogen and oxygen atoms in total. The number of halogens is 3. The SMILES string of the molecule is [C-]#[N+]c1ccnc(N2C(=O)CC[C@H]2C(=O)N(c2cccc(C#N)c2)[C@H](C(=O)NC2CCC(F)(F)CC2)c2ccccc2Cl)c1. The number of anilines is 2. The fraction of sp³-hybridized carbons (Fsp3) is 0.312. The summed E-state index contributed by atoms with van der Waals surface area (Å²) in [6.07, 6.45) is 0.850. The molecule has 5 rings (SSSR count). The molecule has 0 spiro atoms. The molecule has 44 heavy (non-hydrogen) atoms. The zero-order valence-electron chi connectivity index (χ0n) is 23.4. The summed E-state index contributed by atoms with van der Waals surface area (Å²) < 4.78 is 27.8. The van der Waals surface area contributed by atoms with Crippen LogP contribution in [-0.4, -0.2) is 40.7 Å². The minimum atomic E-state index is -2.81. The number of nitrogens with one attached hydrogen (secondary N) is 1. The van der Waals surface area contributed by atoms with Gasteiger partial charge < -0.3 is 5.32 Å². The zero-order chi connectivity index (χ0) is 31.4. The number of pyridine rings is 1. The molecular formula is C32H27ClF2N6O3. The number of nitriles is 1. The molecule has 1 saturated carbocycles. The molecular weight excluding hydrogens is 590 g/mol. The summed E-state index contributed by atoms with van der Waals surface area (Å²) in [7, 11) is 0. The van der Waals surface area contributed by atoms with Crippen LogP contribution < -0.4 is 15.1 Å². The number of hydrogen-bond donors (Lipinski definition) is 1. The van der Waals surface area contributed by atoms with Gasteiger partial charge in [0.05, 0.1) is 18.2 Å². The van der Waals surface area contributed by atoms with Gasteiger partial charge in [-0.15, -0.1) is 0 Å². The van der Waals surface area contributed by atoms with Crippen LogP contribution in [0.3, 0.4) is 0 Å². The first-order chi connectivity index (χ1) is 21.1. The first kappa shape index (κ1) is 30.6. The Morgan fingerprint density at radius 3 is 2.59 bits per heavy atom. The number of benzene rings is 2. The molecule has 1 aliphatic carbocycles. The monoisotopic (exact) mass is 616 g/mol. The average Bonchev–Trinajstić information content (AvgIpc) is 3.42. The second-order valence-corrected chi connectivity index (χ2v) is 11.1. The highest BCUT2D eigenvalue weighted by Gasteiger charge is 2.45. The molecule has 2 atom stereocenters. The summed E-state index contributed by atoms with van der Waals surface area (Å²) in [4.78, 5) is 52.0. The van der Waals surface area contributed by atoms with Gasteiger partial charge in [-0.2, -0.15) is 5.26 Å². The van der Waals surface area contributed by atoms with Crippen molar-refractivity contribution in [2.75, 3.05) is 9.80 Å². The second-order valence-electron chi connectivity index (χ2n) is 10.7. The van der Waals surface area contributed by atoms with E-state index in [2.05, 4.69) is 15.1 Å². The highest BCUT2D eigenvalue weighted by atomic mass is 35.5. The Morgan fingerprint density at radius 2 is 1.89 bits per heavy atom. The highest BCUT2D eigenvalue weighted by Crippen LogP contribution is 2.38. The van der Waals surface area contributed by atoms with E-state index in [9.17, 15) is 28.4 Å². The van der Waals surface area contributed by atoms with Crippen molar-refractivity contribution < 1.29 is 23.2 Å². The minimum absolute atomic E-state index is 0.0195. The van der Waals surface area contributed by atoms with Crippen molar-refractivity contribution >= 4 is 46.5 Å². The Kier molecular flexibility index (Phi) is 8.88. The Hall–Kier alpha value is -4.87. The smallest absolute Gasteiger partial charge is 0.251 e. The molecule has 1 saturated heterocycles. The first-order valence-electron chi connectivity index (χ1n) is 14.0. The van der Waals surface area contributed by atoms with Crippen molar-refractivity contribution in [2.45, 2.75) is 62.6 Å². The van der Waals surface area contributed by atoms with Crippen LogP contribution >= 0.6 is 11.6 Å². The van der Waals surface area contributed by atoms with E-state index in [1.54, 1.807) is 42.5 Å². The van der Waals surface area contributed by atoms with E-state index in [0.717, 1.165) is 0 Å². The number of alkyl halides is 2. The number of carbonyl (C=O) groups excluding carboxylic acids is 3. The molecule has 2 heterocycles. The number of amides is 3. The lowest BCUT2D eigenvalue weighted by molar-refractivity contribution is -0.128. The van der Waals surface area contributed by atoms with Crippen LogP contribution in [0, 0.1) is 17.9 Å². The van der Waals surface area contributed by atoms with E-state index >= 15 is 0 Å². The van der Waals surface area contributed by atoms with Crippen molar-refractivity contribution in [2.24, 2.45) is 0 Å². The van der Waals surface area contributed by atoms with Crippen molar-refractivity contribution in [3.8, 4) is 6.07 Å². The maximum atomic E-state index is 14.7. The summed E-state index contributed by atoms with van der Waals surface area (Å²) in [5.74, 6) is -4.36. The molecule has 2 fully saturated rings. The van der Waals surface area contributed by atoms with E-state index in [4.69, 9.17) is 18.2 Å². The lowest BCUT2D eigenvalue weighted by atomic mass is 9.91. The fourth-order valence-electron chi connectivity index (χ4n) is 5.66. The molecule has 1 aliphatic heterocycles. The maximum absolute atomic E-state index is 14.7. The van der Waals surface area contributed by atoms with Gasteiger partial charge in [-0.25, -0.2) is 18.6 Å². The van der Waals surface area contributed by atoms with Gasteiger partial charge in [0.2, 0.25) is 17.7 Å². The number of aromatic nitrogens is 1. The third kappa shape index (κ3) is 6.38. The summed E-state index contributed by atoms with van der Waals surface area (Å²) in [6, 6.07) is 14.5. The van der Waals surface area contributed by atoms with Crippen molar-refractivity contribution in [1.82, 2.24) is 10.3 Å². The summed E-state index contributed by atoms with van der Waals surface area (Å²) in [5, 5.41) is 12.7. The van der Waals surface area contributed by atoms with Gasteiger partial charge in [-0.3, -0.25) is 24.2 Å². The molecule has 2 aromatic carbocycles. The Bertz CT molecular complexity index is 1680. The largest absolute Gasteiger partial charge is 0.351 e. The number of hydrogen-bond acceptors (Lipinski definition) is 5. The lowest BCUT2D eigenvalue weighted by Gasteiger charge is -2.37. The average molecular weight is 617 g/mol. The van der Waals surface area contributed by atoms with Crippen LogP contribution in [0.1, 0.15) is 55.7 Å². The van der Waals surface area contributed by atoms with Gasteiger partial charge in [0.15, 0.2) is 5.69 Å². The quantitative estimate of drug-likeness (QED) is 0.322. The van der Waals surface area contributed by atoms with E-state index in [-0.39, 0.29) is 77.8 Å². The predicted octanol–water partition coefficient (Wildman–Crippen LogP) is 6.12. The number of nitrogens with zero attached hydrogens (tertiary/aromatic N) is 5. The lowest BCUT2D eigenvalue weighted by Crippen LogP contribution is -2.53. The Morgan fingerprint density at radius 1 is 1.14 bits per heavy atom. The van der Waals surface area contributed by atoms with E-state index in [1.807, 2.05) is 6.07 Å². The Balaban J connectivity index is 1.61. The fourth-order valence-corrected chi connectivity index (χ4v) is 5.90. The summed E-state index contributed by atoms with van der Waals surface area (Å²) in [5.41, 5.74) is 0.920.